The lowest BCUT2D eigenvalue weighted by molar-refractivity contribution is -0.119. The number of hydrogen-bond acceptors (Lipinski definition) is 8. The maximum Gasteiger partial charge on any atom is 0.356 e. The summed E-state index contributed by atoms with van der Waals surface area (Å²) in [7, 11) is -1.24. The number of sulfonamides is 1. The smallest absolute Gasteiger partial charge is 0.356 e. The fraction of sp³-hybridized carbons (Fsp3) is 0.320. The molecule has 1 atom stereocenters. The fourth-order valence-electron chi connectivity index (χ4n) is 3.43. The Morgan fingerprint density at radius 2 is 1.82 bits per heavy atom. The van der Waals surface area contributed by atoms with E-state index in [4.69, 9.17) is 14.2 Å². The van der Waals surface area contributed by atoms with E-state index in [2.05, 4.69) is 15.1 Å². The molecule has 0 saturated heterocycles. The van der Waals surface area contributed by atoms with Gasteiger partial charge in [0, 0.05) is 24.4 Å². The van der Waals surface area contributed by atoms with Crippen molar-refractivity contribution in [3.63, 3.8) is 0 Å². The predicted octanol–water partition coefficient (Wildman–Crippen LogP) is 3.34. The number of rotatable bonds is 12. The van der Waals surface area contributed by atoms with Gasteiger partial charge in [-0.05, 0) is 62.7 Å². The Morgan fingerprint density at radius 1 is 1.13 bits per heavy atom. The molecular formula is C25H30N4O8S. The molecule has 1 amide bonds. The number of methoxy groups -OCH3 is 2. The van der Waals surface area contributed by atoms with Crippen LogP contribution >= 0.6 is 0 Å². The number of aromatic carboxylic acids is 1. The average molecular weight is 547 g/mol. The maximum atomic E-state index is 13.3. The van der Waals surface area contributed by atoms with Gasteiger partial charge in [0.1, 0.15) is 23.0 Å². The molecule has 0 unspecified atom stereocenters. The fourth-order valence-corrected chi connectivity index (χ4v) is 4.91. The van der Waals surface area contributed by atoms with Gasteiger partial charge >= 0.3 is 5.97 Å². The molecule has 38 heavy (non-hydrogen) atoms. The van der Waals surface area contributed by atoms with Crippen LogP contribution in [0.5, 0.6) is 17.4 Å². The van der Waals surface area contributed by atoms with Crippen molar-refractivity contribution in [2.24, 2.45) is 0 Å². The number of benzene rings is 2. The van der Waals surface area contributed by atoms with Crippen molar-refractivity contribution in [3.8, 4) is 23.1 Å². The zero-order valence-electron chi connectivity index (χ0n) is 21.6. The molecule has 0 fully saturated rings. The van der Waals surface area contributed by atoms with Crippen LogP contribution in [0.2, 0.25) is 0 Å². The van der Waals surface area contributed by atoms with Crippen LogP contribution in [0.4, 0.5) is 5.69 Å². The number of carbonyl (C=O) groups excluding carboxylic acids is 1. The number of nitrogens with zero attached hydrogens (tertiary/aromatic N) is 2. The molecule has 0 aliphatic heterocycles. The summed E-state index contributed by atoms with van der Waals surface area (Å²) in [5.41, 5.74) is 0.586. The van der Waals surface area contributed by atoms with Crippen LogP contribution in [0.25, 0.3) is 5.69 Å². The first-order valence-electron chi connectivity index (χ1n) is 11.6. The van der Waals surface area contributed by atoms with Gasteiger partial charge in [-0.25, -0.2) is 17.9 Å². The number of ether oxygens (including phenoxy) is 3. The van der Waals surface area contributed by atoms with Gasteiger partial charge in [-0.2, -0.15) is 9.78 Å². The molecule has 0 spiro atoms. The number of aromatic nitrogens is 2. The van der Waals surface area contributed by atoms with Gasteiger partial charge in [-0.15, -0.1) is 0 Å². The van der Waals surface area contributed by atoms with Crippen molar-refractivity contribution < 1.29 is 37.3 Å². The average Bonchev–Trinajstić information content (AvgIpc) is 3.20. The molecule has 0 radical (unpaired) electrons. The molecule has 13 heteroatoms. The number of hydrogen-bond donors (Lipinski definition) is 3. The normalized spacial score (nSPS) is 12.1. The Labute approximate surface area is 220 Å². The van der Waals surface area contributed by atoms with Gasteiger partial charge in [-0.3, -0.25) is 4.79 Å². The monoisotopic (exact) mass is 546 g/mol. The van der Waals surface area contributed by atoms with E-state index in [1.54, 1.807) is 31.2 Å². The Morgan fingerprint density at radius 3 is 2.39 bits per heavy atom. The van der Waals surface area contributed by atoms with E-state index in [1.165, 1.54) is 44.0 Å². The van der Waals surface area contributed by atoms with Gasteiger partial charge in [0.15, 0.2) is 5.69 Å². The highest BCUT2D eigenvalue weighted by Gasteiger charge is 2.27. The number of nitrogens with one attached hydrogen (secondary N) is 2. The summed E-state index contributed by atoms with van der Waals surface area (Å²) in [6, 6.07) is 10.4. The van der Waals surface area contributed by atoms with E-state index in [0.29, 0.717) is 17.9 Å². The highest BCUT2D eigenvalue weighted by atomic mass is 32.2. The first-order valence-corrected chi connectivity index (χ1v) is 13.1. The minimum atomic E-state index is -4.12. The van der Waals surface area contributed by atoms with Crippen molar-refractivity contribution in [1.82, 2.24) is 14.5 Å². The molecule has 0 aliphatic rings. The van der Waals surface area contributed by atoms with Gasteiger partial charge in [0.2, 0.25) is 21.8 Å². The van der Waals surface area contributed by atoms with Gasteiger partial charge in [0.05, 0.1) is 12.8 Å². The standard InChI is InChI=1S/C25H30N4O8S/c1-6-15(2)28-38(33,34)21-13-17(26-22(30)14-35-4)7-12-20(21)37-24-16(3)23(25(31)32)27-29(24)18-8-10-19(36-5)11-9-18/h7-13,15,28H,6,14H2,1-5H3,(H,26,30)(H,31,32)/t15-/m0/s1. The Kier molecular flexibility index (Phi) is 9.09. The number of amides is 1. The van der Waals surface area contributed by atoms with Crippen molar-refractivity contribution in [1.29, 1.82) is 0 Å². The van der Waals surface area contributed by atoms with E-state index in [0.717, 1.165) is 0 Å². The van der Waals surface area contributed by atoms with Gasteiger partial charge in [-0.1, -0.05) is 6.92 Å². The molecule has 3 rings (SSSR count). The summed E-state index contributed by atoms with van der Waals surface area (Å²) in [6.07, 6.45) is 0.533. The first kappa shape index (κ1) is 28.6. The van der Waals surface area contributed by atoms with Crippen LogP contribution in [0.15, 0.2) is 47.4 Å². The van der Waals surface area contributed by atoms with Crippen LogP contribution in [-0.4, -0.2) is 62.0 Å². The second-order valence-corrected chi connectivity index (χ2v) is 10.1. The zero-order chi connectivity index (χ0) is 28.0. The first-order chi connectivity index (χ1) is 18.0. The highest BCUT2D eigenvalue weighted by molar-refractivity contribution is 7.89. The Balaban J connectivity index is 2.15. The number of anilines is 1. The third-order valence-corrected chi connectivity index (χ3v) is 7.17. The largest absolute Gasteiger partial charge is 0.497 e. The van der Waals surface area contributed by atoms with Crippen LogP contribution in [-0.2, 0) is 19.6 Å². The molecule has 0 aliphatic carbocycles. The van der Waals surface area contributed by atoms with Crippen LogP contribution in [0.1, 0.15) is 36.3 Å². The van der Waals surface area contributed by atoms with Crippen molar-refractivity contribution >= 4 is 27.6 Å². The number of carbonyl (C=O) groups is 2. The molecule has 0 bridgehead atoms. The maximum absolute atomic E-state index is 13.3. The Hall–Kier alpha value is -3.94. The second kappa shape index (κ2) is 12.1. The number of carboxylic acids is 1. The van der Waals surface area contributed by atoms with Crippen molar-refractivity contribution in [3.05, 3.63) is 53.7 Å². The van der Waals surface area contributed by atoms with Gasteiger partial charge < -0.3 is 24.6 Å². The summed E-state index contributed by atoms with van der Waals surface area (Å²) in [5, 5.41) is 16.4. The topological polar surface area (TPSA) is 158 Å². The van der Waals surface area contributed by atoms with E-state index >= 15 is 0 Å². The lowest BCUT2D eigenvalue weighted by atomic mass is 10.2. The van der Waals surface area contributed by atoms with E-state index in [9.17, 15) is 23.1 Å². The molecule has 1 heterocycles. The Bertz CT molecular complexity index is 1420. The molecule has 0 saturated carbocycles. The molecule has 3 N–H and O–H groups in total. The lowest BCUT2D eigenvalue weighted by Gasteiger charge is -2.17. The molecule has 2 aromatic carbocycles. The molecule has 1 aromatic heterocycles. The summed E-state index contributed by atoms with van der Waals surface area (Å²) in [6.45, 7) is 4.83. The van der Waals surface area contributed by atoms with E-state index < -0.39 is 21.9 Å². The van der Waals surface area contributed by atoms with E-state index in [-0.39, 0.29) is 46.1 Å². The summed E-state index contributed by atoms with van der Waals surface area (Å²) >= 11 is 0. The minimum Gasteiger partial charge on any atom is -0.497 e. The SMILES string of the molecule is CC[C@H](C)NS(=O)(=O)c1cc(NC(=O)COC)ccc1Oc1c(C)c(C(=O)O)nn1-c1ccc(OC)cc1. The van der Waals surface area contributed by atoms with Crippen LogP contribution in [0.3, 0.4) is 0 Å². The number of carboxylic acid groups (broad SMARTS) is 1. The molecule has 204 valence electrons. The third-order valence-electron chi connectivity index (χ3n) is 5.56. The van der Waals surface area contributed by atoms with Crippen LogP contribution < -0.4 is 19.5 Å². The van der Waals surface area contributed by atoms with E-state index in [1.807, 2.05) is 6.92 Å². The summed E-state index contributed by atoms with van der Waals surface area (Å²) in [4.78, 5) is 23.6. The lowest BCUT2D eigenvalue weighted by Crippen LogP contribution is -2.32. The molecular weight excluding hydrogens is 516 g/mol. The van der Waals surface area contributed by atoms with Crippen LogP contribution in [0, 0.1) is 6.92 Å². The van der Waals surface area contributed by atoms with Gasteiger partial charge in [0.25, 0.3) is 0 Å². The second-order valence-electron chi connectivity index (χ2n) is 8.37. The highest BCUT2D eigenvalue weighted by Crippen LogP contribution is 2.35. The minimum absolute atomic E-state index is 0.00345. The third kappa shape index (κ3) is 6.49. The predicted molar refractivity (Wildman–Crippen MR) is 139 cm³/mol. The molecule has 3 aromatic rings. The summed E-state index contributed by atoms with van der Waals surface area (Å²) < 4.78 is 46.6. The zero-order valence-corrected chi connectivity index (χ0v) is 22.5. The quantitative estimate of drug-likeness (QED) is 0.310. The van der Waals surface area contributed by atoms with Crippen molar-refractivity contribution in [2.75, 3.05) is 26.1 Å². The molecule has 12 nitrogen and oxygen atoms in total. The van der Waals surface area contributed by atoms with Crippen molar-refractivity contribution in [2.45, 2.75) is 38.1 Å². The summed E-state index contributed by atoms with van der Waals surface area (Å²) in [5.74, 6) is -1.26.